The zero-order valence-electron chi connectivity index (χ0n) is 21.4. The van der Waals surface area contributed by atoms with Crippen LogP contribution in [0.25, 0.3) is 0 Å². The summed E-state index contributed by atoms with van der Waals surface area (Å²) >= 11 is 2.04. The van der Waals surface area contributed by atoms with Crippen LogP contribution in [0.3, 0.4) is 0 Å². The number of fused-ring (bicyclic) bond motifs is 2. The number of non-ortho nitro benzene ring substituents is 1. The third-order valence-corrected chi connectivity index (χ3v) is 9.65. The lowest BCUT2D eigenvalue weighted by Gasteiger charge is -2.30. The fourth-order valence-corrected chi connectivity index (χ4v) is 7.91. The molecule has 1 fully saturated rings. The van der Waals surface area contributed by atoms with Gasteiger partial charge in [-0.1, -0.05) is 46.9 Å². The van der Waals surface area contributed by atoms with E-state index in [4.69, 9.17) is 0 Å². The van der Waals surface area contributed by atoms with Gasteiger partial charge in [-0.15, -0.1) is 0 Å². The molecule has 0 spiro atoms. The first kappa shape index (κ1) is 26.6. The summed E-state index contributed by atoms with van der Waals surface area (Å²) in [5, 5.41) is 13.5. The molecule has 11 nitrogen and oxygen atoms in total. The number of thiazole rings is 1. The van der Waals surface area contributed by atoms with Crippen molar-refractivity contribution in [3.63, 3.8) is 0 Å². The van der Waals surface area contributed by atoms with Gasteiger partial charge in [0.15, 0.2) is 0 Å². The van der Waals surface area contributed by atoms with E-state index in [0.29, 0.717) is 21.2 Å². The van der Waals surface area contributed by atoms with Crippen LogP contribution in [0.5, 0.6) is 0 Å². The first-order valence-corrected chi connectivity index (χ1v) is 14.2. The molecule has 206 valence electrons. The second kappa shape index (κ2) is 10.4. The molecule has 1 N–H and O–H groups in total. The van der Waals surface area contributed by atoms with E-state index in [-0.39, 0.29) is 22.8 Å². The van der Waals surface area contributed by atoms with Crippen LogP contribution >= 0.6 is 23.1 Å². The number of rotatable bonds is 6. The maximum absolute atomic E-state index is 13.9. The summed E-state index contributed by atoms with van der Waals surface area (Å²) in [6.45, 7) is 1.67. The minimum Gasteiger partial charge on any atom is -0.325 e. The van der Waals surface area contributed by atoms with Gasteiger partial charge in [0.05, 0.1) is 21.6 Å². The number of amides is 3. The Balaban J connectivity index is 1.38. The summed E-state index contributed by atoms with van der Waals surface area (Å²) < 4.78 is 1.35. The largest absolute Gasteiger partial charge is 0.325 e. The number of carbonyl (C=O) groups is 3. The number of nitrogens with one attached hydrogen (secondary N) is 1. The molecule has 13 heteroatoms. The van der Waals surface area contributed by atoms with E-state index in [9.17, 15) is 29.3 Å². The van der Waals surface area contributed by atoms with E-state index >= 15 is 0 Å². The molecule has 0 bridgehead atoms. The average Bonchev–Trinajstić information content (AvgIpc) is 3.40. The summed E-state index contributed by atoms with van der Waals surface area (Å²) in [4.78, 5) is 69.8. The number of imide groups is 1. The van der Waals surface area contributed by atoms with Gasteiger partial charge in [0, 0.05) is 41.0 Å². The Morgan fingerprint density at radius 3 is 2.44 bits per heavy atom. The van der Waals surface area contributed by atoms with Crippen molar-refractivity contribution in [1.29, 1.82) is 0 Å². The summed E-state index contributed by atoms with van der Waals surface area (Å²) in [5.74, 6) is -2.85. The summed E-state index contributed by atoms with van der Waals surface area (Å²) in [5.41, 5.74) is 2.35. The normalized spacial score (nSPS) is 19.5. The van der Waals surface area contributed by atoms with Crippen LogP contribution in [0.1, 0.15) is 21.9 Å². The number of carbonyl (C=O) groups excluding carboxylic acids is 3. The highest BCUT2D eigenvalue weighted by Gasteiger charge is 2.57. The molecular formula is C28H21N5O6S2. The van der Waals surface area contributed by atoms with E-state index in [1.54, 1.807) is 36.7 Å². The van der Waals surface area contributed by atoms with Crippen molar-refractivity contribution in [2.45, 2.75) is 29.7 Å². The number of anilines is 2. The first-order chi connectivity index (χ1) is 19.7. The van der Waals surface area contributed by atoms with Crippen molar-refractivity contribution >= 4 is 57.9 Å². The highest BCUT2D eigenvalue weighted by atomic mass is 32.2. The number of hydrogen-bond acceptors (Lipinski definition) is 9. The molecule has 2 aliphatic rings. The highest BCUT2D eigenvalue weighted by molar-refractivity contribution is 8.00. The Bertz CT molecular complexity index is 1750. The molecule has 41 heavy (non-hydrogen) atoms. The topological polar surface area (TPSA) is 145 Å². The van der Waals surface area contributed by atoms with E-state index in [0.717, 1.165) is 33.6 Å². The minimum absolute atomic E-state index is 0.164. The molecule has 4 heterocycles. The molecule has 2 aromatic heterocycles. The van der Waals surface area contributed by atoms with Gasteiger partial charge in [0.1, 0.15) is 11.8 Å². The average molecular weight is 588 g/mol. The Labute approximate surface area is 241 Å². The third kappa shape index (κ3) is 4.72. The third-order valence-electron chi connectivity index (χ3n) is 7.05. The quantitative estimate of drug-likeness (QED) is 0.203. The lowest BCUT2D eigenvalue weighted by Crippen LogP contribution is -2.33. The molecule has 0 saturated carbocycles. The molecule has 4 aromatic rings. The highest BCUT2D eigenvalue weighted by Crippen LogP contribution is 2.53. The standard InChI is InChI=1S/C28H21N5O6S2/c1-15-4-6-17(7-5-15)30-20(34)14-31-27-24(41-28(31)37)21(16-3-2-12-29-13-16)22-23(40-27)26(36)32(25(22)35)18-8-10-19(11-9-18)33(38)39/h2-13,21-23H,14H2,1H3,(H,30,34)/t21-,22-,23+/m0/s1. The van der Waals surface area contributed by atoms with Gasteiger partial charge in [0.2, 0.25) is 17.7 Å². The van der Waals surface area contributed by atoms with Crippen LogP contribution in [0, 0.1) is 23.0 Å². The Kier molecular flexibility index (Phi) is 6.75. The molecular weight excluding hydrogens is 566 g/mol. The summed E-state index contributed by atoms with van der Waals surface area (Å²) in [6.07, 6.45) is 3.19. The Hall–Kier alpha value is -4.62. The fourth-order valence-electron chi connectivity index (χ4n) is 5.13. The van der Waals surface area contributed by atoms with E-state index in [1.165, 1.54) is 28.8 Å². The molecule has 3 amide bonds. The number of thioether (sulfide) groups is 1. The van der Waals surface area contributed by atoms with Crippen molar-refractivity contribution < 1.29 is 19.3 Å². The van der Waals surface area contributed by atoms with Gasteiger partial charge in [-0.3, -0.25) is 38.8 Å². The molecule has 2 aromatic carbocycles. The van der Waals surface area contributed by atoms with Crippen molar-refractivity contribution in [3.05, 3.63) is 109 Å². The van der Waals surface area contributed by atoms with E-state index in [2.05, 4.69) is 10.3 Å². The van der Waals surface area contributed by atoms with Gasteiger partial charge in [0.25, 0.3) is 5.69 Å². The van der Waals surface area contributed by atoms with E-state index < -0.39 is 39.7 Å². The first-order valence-electron chi connectivity index (χ1n) is 12.5. The second-order valence-corrected chi connectivity index (χ2v) is 11.8. The van der Waals surface area contributed by atoms with Crippen LogP contribution in [0.15, 0.2) is 82.9 Å². The van der Waals surface area contributed by atoms with Crippen LogP contribution in [0.2, 0.25) is 0 Å². The number of nitrogens with zero attached hydrogens (tertiary/aromatic N) is 4. The predicted molar refractivity (Wildman–Crippen MR) is 153 cm³/mol. The van der Waals surface area contributed by atoms with Gasteiger partial charge < -0.3 is 5.32 Å². The molecule has 0 unspecified atom stereocenters. The molecule has 0 radical (unpaired) electrons. The summed E-state index contributed by atoms with van der Waals surface area (Å²) in [7, 11) is 0. The number of benzene rings is 2. The van der Waals surface area contributed by atoms with Crippen LogP contribution in [-0.4, -0.2) is 37.4 Å². The Morgan fingerprint density at radius 2 is 1.78 bits per heavy atom. The van der Waals surface area contributed by atoms with Gasteiger partial charge in [-0.2, -0.15) is 0 Å². The van der Waals surface area contributed by atoms with Crippen LogP contribution in [-0.2, 0) is 20.9 Å². The number of aryl methyl sites for hydroxylation is 1. The summed E-state index contributed by atoms with van der Waals surface area (Å²) in [6, 6.07) is 16.0. The maximum Gasteiger partial charge on any atom is 0.308 e. The smallest absolute Gasteiger partial charge is 0.308 e. The molecule has 1 saturated heterocycles. The monoisotopic (exact) mass is 587 g/mol. The van der Waals surface area contributed by atoms with Crippen molar-refractivity contribution in [1.82, 2.24) is 9.55 Å². The number of hydrogen-bond donors (Lipinski definition) is 1. The van der Waals surface area contributed by atoms with Crippen molar-refractivity contribution in [2.24, 2.45) is 5.92 Å². The number of pyridine rings is 1. The number of nitro benzene ring substituents is 1. The fraction of sp³-hybridized carbons (Fsp3) is 0.179. The van der Waals surface area contributed by atoms with Gasteiger partial charge in [-0.05, 0) is 42.8 Å². The SMILES string of the molecule is Cc1ccc(NC(=O)Cn2c3c(sc2=O)[C@@H](c2cccnc2)[C@@H]2C(=O)N(c4ccc([N+](=O)[O-])cc4)C(=O)[C@@H]2S3)cc1. The number of aromatic nitrogens is 2. The molecule has 3 atom stereocenters. The van der Waals surface area contributed by atoms with E-state index in [1.807, 2.05) is 19.1 Å². The second-order valence-electron chi connectivity index (χ2n) is 9.65. The van der Waals surface area contributed by atoms with Gasteiger partial charge >= 0.3 is 4.87 Å². The Morgan fingerprint density at radius 1 is 1.05 bits per heavy atom. The zero-order valence-corrected chi connectivity index (χ0v) is 23.1. The molecule has 2 aliphatic heterocycles. The van der Waals surface area contributed by atoms with Crippen molar-refractivity contribution in [2.75, 3.05) is 10.2 Å². The van der Waals surface area contributed by atoms with Gasteiger partial charge in [-0.25, -0.2) is 4.90 Å². The molecule has 0 aliphatic carbocycles. The predicted octanol–water partition coefficient (Wildman–Crippen LogP) is 3.96. The minimum atomic E-state index is -0.879. The zero-order chi connectivity index (χ0) is 28.8. The lowest BCUT2D eigenvalue weighted by atomic mass is 9.84. The number of nitro groups is 1. The maximum atomic E-state index is 13.9. The van der Waals surface area contributed by atoms with Crippen LogP contribution < -0.4 is 15.1 Å². The molecule has 6 rings (SSSR count). The van der Waals surface area contributed by atoms with Crippen LogP contribution in [0.4, 0.5) is 17.1 Å². The lowest BCUT2D eigenvalue weighted by molar-refractivity contribution is -0.384. The van der Waals surface area contributed by atoms with Crippen molar-refractivity contribution in [3.8, 4) is 0 Å².